The molecule has 0 unspecified atom stereocenters. The fraction of sp³-hybridized carbons (Fsp3) is 0.467. The maximum Gasteiger partial charge on any atom is 0.322 e. The van der Waals surface area contributed by atoms with Crippen molar-refractivity contribution < 1.29 is 14.7 Å². The number of carboxylic acids is 1. The number of rotatable bonds is 5. The Labute approximate surface area is 119 Å². The third-order valence-electron chi connectivity index (χ3n) is 3.08. The Hall–Kier alpha value is -2.04. The van der Waals surface area contributed by atoms with Crippen molar-refractivity contribution in [3.8, 4) is 0 Å². The molecule has 1 rings (SSSR count). The molecular weight excluding hydrogens is 256 g/mol. The molecule has 0 aliphatic heterocycles. The normalized spacial score (nSPS) is 11.0. The number of aliphatic carboxylic acids is 1. The number of carbonyl (C=O) groups is 2. The van der Waals surface area contributed by atoms with Gasteiger partial charge in [-0.3, -0.25) is 9.69 Å². The smallest absolute Gasteiger partial charge is 0.322 e. The van der Waals surface area contributed by atoms with Crippen LogP contribution in [0.5, 0.6) is 0 Å². The first-order chi connectivity index (χ1) is 9.25. The van der Waals surface area contributed by atoms with Gasteiger partial charge in [0, 0.05) is 18.3 Å². The van der Waals surface area contributed by atoms with Gasteiger partial charge in [0.15, 0.2) is 0 Å². The van der Waals surface area contributed by atoms with Gasteiger partial charge in [-0.2, -0.15) is 0 Å². The van der Waals surface area contributed by atoms with Gasteiger partial charge in [0.2, 0.25) is 0 Å². The van der Waals surface area contributed by atoms with Crippen LogP contribution in [0.15, 0.2) is 24.3 Å². The van der Waals surface area contributed by atoms with Crippen LogP contribution < -0.4 is 10.2 Å². The zero-order valence-corrected chi connectivity index (χ0v) is 12.4. The van der Waals surface area contributed by atoms with E-state index in [0.717, 1.165) is 12.1 Å². The van der Waals surface area contributed by atoms with Gasteiger partial charge < -0.3 is 10.4 Å². The van der Waals surface area contributed by atoms with Crippen LogP contribution in [-0.4, -0.2) is 29.7 Å². The molecule has 0 spiro atoms. The first kappa shape index (κ1) is 16.0. The van der Waals surface area contributed by atoms with E-state index in [2.05, 4.69) is 12.2 Å². The summed E-state index contributed by atoms with van der Waals surface area (Å²) in [5.74, 6) is -0.940. The van der Waals surface area contributed by atoms with Crippen LogP contribution in [0.1, 0.15) is 32.8 Å². The van der Waals surface area contributed by atoms with Crippen LogP contribution >= 0.6 is 0 Å². The Kier molecular flexibility index (Phi) is 5.13. The number of benzene rings is 1. The Balaban J connectivity index is 2.73. The topological polar surface area (TPSA) is 69.6 Å². The minimum Gasteiger partial charge on any atom is -0.481 e. The lowest BCUT2D eigenvalue weighted by Crippen LogP contribution is -2.50. The maximum atomic E-state index is 12.1. The molecule has 0 aliphatic carbocycles. The lowest BCUT2D eigenvalue weighted by Gasteiger charge is -2.28. The second-order valence-electron chi connectivity index (χ2n) is 5.46. The summed E-state index contributed by atoms with van der Waals surface area (Å²) in [6.45, 7) is 5.44. The maximum absolute atomic E-state index is 12.1. The number of aryl methyl sites for hydroxylation is 1. The second kappa shape index (κ2) is 6.41. The molecule has 0 atom stereocenters. The highest BCUT2D eigenvalue weighted by atomic mass is 16.4. The van der Waals surface area contributed by atoms with Crippen LogP contribution in [0.4, 0.5) is 10.5 Å². The van der Waals surface area contributed by atoms with Crippen molar-refractivity contribution in [2.75, 3.05) is 11.9 Å². The van der Waals surface area contributed by atoms with E-state index >= 15 is 0 Å². The number of urea groups is 1. The van der Waals surface area contributed by atoms with Crippen LogP contribution in [0.25, 0.3) is 0 Å². The molecule has 0 aliphatic rings. The van der Waals surface area contributed by atoms with E-state index in [1.54, 1.807) is 20.9 Å². The molecule has 1 aromatic carbocycles. The van der Waals surface area contributed by atoms with E-state index < -0.39 is 11.5 Å². The highest BCUT2D eigenvalue weighted by Crippen LogP contribution is 2.16. The summed E-state index contributed by atoms with van der Waals surface area (Å²) in [5.41, 5.74) is 1.18. The Morgan fingerprint density at radius 1 is 1.25 bits per heavy atom. The Bertz CT molecular complexity index is 480. The predicted octanol–water partition coefficient (Wildman–Crippen LogP) is 2.65. The molecule has 0 heterocycles. The number of hydrogen-bond donors (Lipinski definition) is 2. The lowest BCUT2D eigenvalue weighted by atomic mass is 10.0. The molecule has 1 aromatic rings. The van der Waals surface area contributed by atoms with Gasteiger partial charge >= 0.3 is 12.0 Å². The number of nitrogens with one attached hydrogen (secondary N) is 1. The minimum absolute atomic E-state index is 0.124. The van der Waals surface area contributed by atoms with Crippen molar-refractivity contribution in [1.29, 1.82) is 0 Å². The van der Waals surface area contributed by atoms with E-state index in [-0.39, 0.29) is 12.5 Å². The summed E-state index contributed by atoms with van der Waals surface area (Å²) in [5, 5.41) is 11.5. The molecule has 2 N–H and O–H groups in total. The van der Waals surface area contributed by atoms with Gasteiger partial charge in [0.1, 0.15) is 0 Å². The Morgan fingerprint density at radius 3 is 2.25 bits per heavy atom. The quantitative estimate of drug-likeness (QED) is 0.870. The standard InChI is InChI=1S/C15H22N2O3/c1-5-11-6-8-12(9-7-11)17(4)14(20)16-15(2,3)10-13(18)19/h6-9H,5,10H2,1-4H3,(H,16,20)(H,18,19). The summed E-state index contributed by atoms with van der Waals surface area (Å²) in [7, 11) is 1.66. The molecule has 0 saturated carbocycles. The second-order valence-corrected chi connectivity index (χ2v) is 5.46. The molecule has 0 aromatic heterocycles. The zero-order chi connectivity index (χ0) is 15.3. The van der Waals surface area contributed by atoms with Crippen molar-refractivity contribution in [3.63, 3.8) is 0 Å². The number of nitrogens with zero attached hydrogens (tertiary/aromatic N) is 1. The predicted molar refractivity (Wildman–Crippen MR) is 79.1 cm³/mol. The number of carboxylic acid groups (broad SMARTS) is 1. The van der Waals surface area contributed by atoms with Crippen LogP contribution in [-0.2, 0) is 11.2 Å². The van der Waals surface area contributed by atoms with Gasteiger partial charge in [-0.05, 0) is 38.0 Å². The van der Waals surface area contributed by atoms with Gasteiger partial charge in [-0.1, -0.05) is 19.1 Å². The molecule has 20 heavy (non-hydrogen) atoms. The highest BCUT2D eigenvalue weighted by Gasteiger charge is 2.25. The van der Waals surface area contributed by atoms with Crippen molar-refractivity contribution in [2.45, 2.75) is 39.2 Å². The molecular formula is C15H22N2O3. The van der Waals surface area contributed by atoms with E-state index in [1.807, 2.05) is 24.3 Å². The van der Waals surface area contributed by atoms with E-state index in [9.17, 15) is 9.59 Å². The summed E-state index contributed by atoms with van der Waals surface area (Å²) in [6.07, 6.45) is 0.823. The number of carbonyl (C=O) groups excluding carboxylic acids is 1. The van der Waals surface area contributed by atoms with E-state index in [4.69, 9.17) is 5.11 Å². The minimum atomic E-state index is -0.940. The van der Waals surface area contributed by atoms with E-state index in [1.165, 1.54) is 10.5 Å². The first-order valence-corrected chi connectivity index (χ1v) is 6.62. The molecule has 0 fully saturated rings. The molecule has 2 amide bonds. The lowest BCUT2D eigenvalue weighted by molar-refractivity contribution is -0.138. The van der Waals surface area contributed by atoms with Gasteiger partial charge in [0.05, 0.1) is 6.42 Å². The fourth-order valence-electron chi connectivity index (χ4n) is 1.87. The molecule has 5 heteroatoms. The number of anilines is 1. The average molecular weight is 278 g/mol. The van der Waals surface area contributed by atoms with Crippen molar-refractivity contribution in [3.05, 3.63) is 29.8 Å². The van der Waals surface area contributed by atoms with Gasteiger partial charge in [-0.15, -0.1) is 0 Å². The molecule has 0 bridgehead atoms. The monoisotopic (exact) mass is 278 g/mol. The fourth-order valence-corrected chi connectivity index (χ4v) is 1.87. The summed E-state index contributed by atoms with van der Waals surface area (Å²) in [4.78, 5) is 24.3. The molecule has 0 saturated heterocycles. The summed E-state index contributed by atoms with van der Waals surface area (Å²) >= 11 is 0. The van der Waals surface area contributed by atoms with Crippen LogP contribution in [0, 0.1) is 0 Å². The highest BCUT2D eigenvalue weighted by molar-refractivity contribution is 5.92. The van der Waals surface area contributed by atoms with Crippen molar-refractivity contribution >= 4 is 17.7 Å². The number of amides is 2. The zero-order valence-electron chi connectivity index (χ0n) is 12.4. The SMILES string of the molecule is CCc1ccc(N(C)C(=O)NC(C)(C)CC(=O)O)cc1. The molecule has 5 nitrogen and oxygen atoms in total. The van der Waals surface area contributed by atoms with Crippen molar-refractivity contribution in [1.82, 2.24) is 5.32 Å². The van der Waals surface area contributed by atoms with Crippen molar-refractivity contribution in [2.24, 2.45) is 0 Å². The summed E-state index contributed by atoms with van der Waals surface area (Å²) in [6, 6.07) is 7.38. The Morgan fingerprint density at radius 2 is 1.80 bits per heavy atom. The first-order valence-electron chi connectivity index (χ1n) is 6.62. The van der Waals surface area contributed by atoms with Crippen LogP contribution in [0.3, 0.4) is 0 Å². The van der Waals surface area contributed by atoms with Crippen LogP contribution in [0.2, 0.25) is 0 Å². The van der Waals surface area contributed by atoms with E-state index in [0.29, 0.717) is 0 Å². The summed E-state index contributed by atoms with van der Waals surface area (Å²) < 4.78 is 0. The molecule has 110 valence electrons. The van der Waals surface area contributed by atoms with Gasteiger partial charge in [0.25, 0.3) is 0 Å². The molecule has 0 radical (unpaired) electrons. The third kappa shape index (κ3) is 4.57. The average Bonchev–Trinajstić information content (AvgIpc) is 2.35. The largest absolute Gasteiger partial charge is 0.481 e. The third-order valence-corrected chi connectivity index (χ3v) is 3.08. The van der Waals surface area contributed by atoms with Gasteiger partial charge in [-0.25, -0.2) is 4.79 Å². The number of hydrogen-bond acceptors (Lipinski definition) is 2.